The molecule has 114 valence electrons. The van der Waals surface area contributed by atoms with Crippen LogP contribution in [0.15, 0.2) is 33.3 Å². The number of ether oxygens (including phenoxy) is 1. The molecular formula is C15H19Br2N3O. The van der Waals surface area contributed by atoms with Gasteiger partial charge in [0.15, 0.2) is 0 Å². The molecule has 21 heavy (non-hydrogen) atoms. The lowest BCUT2D eigenvalue weighted by Crippen LogP contribution is -2.23. The topological polar surface area (TPSA) is 39.1 Å². The number of rotatable bonds is 6. The van der Waals surface area contributed by atoms with Crippen LogP contribution >= 0.6 is 31.9 Å². The monoisotopic (exact) mass is 415 g/mol. The van der Waals surface area contributed by atoms with Gasteiger partial charge in [-0.05, 0) is 47.1 Å². The summed E-state index contributed by atoms with van der Waals surface area (Å²) in [5, 5.41) is 7.81. The molecule has 0 saturated carbocycles. The zero-order valence-electron chi connectivity index (χ0n) is 12.4. The highest BCUT2D eigenvalue weighted by Crippen LogP contribution is 2.30. The first-order chi connectivity index (χ1) is 10.1. The van der Waals surface area contributed by atoms with Crippen LogP contribution < -0.4 is 5.32 Å². The molecule has 0 aliphatic heterocycles. The Kier molecular flexibility index (Phi) is 5.98. The van der Waals surface area contributed by atoms with Crippen molar-refractivity contribution in [3.8, 4) is 0 Å². The molecular weight excluding hydrogens is 398 g/mol. The van der Waals surface area contributed by atoms with E-state index in [4.69, 9.17) is 4.74 Å². The molecule has 0 aliphatic rings. The Morgan fingerprint density at radius 1 is 1.33 bits per heavy atom. The Morgan fingerprint density at radius 2 is 2.10 bits per heavy atom. The minimum absolute atomic E-state index is 0.0746. The van der Waals surface area contributed by atoms with Gasteiger partial charge in [-0.3, -0.25) is 4.68 Å². The largest absolute Gasteiger partial charge is 0.383 e. The van der Waals surface area contributed by atoms with E-state index in [9.17, 15) is 0 Å². The van der Waals surface area contributed by atoms with Gasteiger partial charge in [-0.2, -0.15) is 5.10 Å². The molecule has 1 heterocycles. The van der Waals surface area contributed by atoms with Crippen molar-refractivity contribution >= 4 is 31.9 Å². The second kappa shape index (κ2) is 7.54. The molecule has 1 N–H and O–H groups in total. The number of hydrogen-bond donors (Lipinski definition) is 1. The third-order valence-corrected chi connectivity index (χ3v) is 4.92. The molecule has 1 atom stereocenters. The number of nitrogens with zero attached hydrogens (tertiary/aromatic N) is 2. The molecule has 0 aliphatic carbocycles. The molecule has 2 rings (SSSR count). The molecule has 0 bridgehead atoms. The van der Waals surface area contributed by atoms with E-state index in [1.165, 1.54) is 11.1 Å². The predicted molar refractivity (Wildman–Crippen MR) is 91.6 cm³/mol. The lowest BCUT2D eigenvalue weighted by Gasteiger charge is -2.20. The number of methoxy groups -OCH3 is 1. The lowest BCUT2D eigenvalue weighted by atomic mass is 10.0. The first-order valence-corrected chi connectivity index (χ1v) is 8.30. The number of aromatic nitrogens is 2. The SMILES string of the molecule is CNC(c1ccc(Br)c(C)c1)c1c(Br)cnn1CCOC. The van der Waals surface area contributed by atoms with E-state index in [2.05, 4.69) is 67.4 Å². The molecule has 1 aromatic heterocycles. The van der Waals surface area contributed by atoms with Gasteiger partial charge in [0.05, 0.1) is 35.6 Å². The van der Waals surface area contributed by atoms with Crippen molar-refractivity contribution in [1.29, 1.82) is 0 Å². The highest BCUT2D eigenvalue weighted by atomic mass is 79.9. The van der Waals surface area contributed by atoms with Gasteiger partial charge < -0.3 is 10.1 Å². The second-order valence-corrected chi connectivity index (χ2v) is 6.53. The summed E-state index contributed by atoms with van der Waals surface area (Å²) in [6.07, 6.45) is 1.83. The lowest BCUT2D eigenvalue weighted by molar-refractivity contribution is 0.182. The van der Waals surface area contributed by atoms with Crippen molar-refractivity contribution in [2.75, 3.05) is 20.8 Å². The van der Waals surface area contributed by atoms with E-state index in [0.29, 0.717) is 6.61 Å². The number of hydrogen-bond acceptors (Lipinski definition) is 3. The molecule has 0 saturated heterocycles. The molecule has 0 amide bonds. The minimum Gasteiger partial charge on any atom is -0.383 e. The fourth-order valence-corrected chi connectivity index (χ4v) is 3.10. The summed E-state index contributed by atoms with van der Waals surface area (Å²) < 4.78 is 9.26. The third kappa shape index (κ3) is 3.74. The Morgan fingerprint density at radius 3 is 2.71 bits per heavy atom. The molecule has 2 aromatic rings. The molecule has 0 radical (unpaired) electrons. The average Bonchev–Trinajstić information content (AvgIpc) is 2.83. The normalized spacial score (nSPS) is 12.6. The van der Waals surface area contributed by atoms with E-state index in [1.54, 1.807) is 7.11 Å². The average molecular weight is 417 g/mol. The van der Waals surface area contributed by atoms with Crippen molar-refractivity contribution in [2.24, 2.45) is 0 Å². The van der Waals surface area contributed by atoms with Crippen LogP contribution in [0.3, 0.4) is 0 Å². The van der Waals surface area contributed by atoms with Gasteiger partial charge in [0.2, 0.25) is 0 Å². The van der Waals surface area contributed by atoms with E-state index in [0.717, 1.165) is 21.2 Å². The number of nitrogens with one attached hydrogen (secondary N) is 1. The maximum absolute atomic E-state index is 5.16. The van der Waals surface area contributed by atoms with Crippen molar-refractivity contribution in [1.82, 2.24) is 15.1 Å². The predicted octanol–water partition coefficient (Wildman–Crippen LogP) is 3.67. The molecule has 0 spiro atoms. The standard InChI is InChI=1S/C15H19Br2N3O/c1-10-8-11(4-5-12(10)16)14(18-2)15-13(17)9-19-20(15)6-7-21-3/h4-5,8-9,14,18H,6-7H2,1-3H3. The summed E-state index contributed by atoms with van der Waals surface area (Å²) in [5.41, 5.74) is 3.53. The zero-order valence-corrected chi connectivity index (χ0v) is 15.5. The van der Waals surface area contributed by atoms with Crippen LogP contribution in [-0.2, 0) is 11.3 Å². The van der Waals surface area contributed by atoms with Crippen LogP contribution in [0.25, 0.3) is 0 Å². The summed E-state index contributed by atoms with van der Waals surface area (Å²) in [5.74, 6) is 0. The van der Waals surface area contributed by atoms with Crippen molar-refractivity contribution in [3.05, 3.63) is 50.2 Å². The van der Waals surface area contributed by atoms with E-state index in [1.807, 2.05) is 17.9 Å². The quantitative estimate of drug-likeness (QED) is 0.780. The summed E-state index contributed by atoms with van der Waals surface area (Å²) in [4.78, 5) is 0. The van der Waals surface area contributed by atoms with Crippen LogP contribution in [0, 0.1) is 6.92 Å². The minimum atomic E-state index is 0.0746. The summed E-state index contributed by atoms with van der Waals surface area (Å²) in [6.45, 7) is 3.46. The summed E-state index contributed by atoms with van der Waals surface area (Å²) in [7, 11) is 3.66. The Bertz CT molecular complexity index is 613. The van der Waals surface area contributed by atoms with E-state index >= 15 is 0 Å². The van der Waals surface area contributed by atoms with Gasteiger partial charge in [0, 0.05) is 11.6 Å². The number of benzene rings is 1. The summed E-state index contributed by atoms with van der Waals surface area (Å²) >= 11 is 7.16. The van der Waals surface area contributed by atoms with E-state index < -0.39 is 0 Å². The number of halogens is 2. The molecule has 1 unspecified atom stereocenters. The van der Waals surface area contributed by atoms with Gasteiger partial charge in [-0.1, -0.05) is 28.1 Å². The highest BCUT2D eigenvalue weighted by molar-refractivity contribution is 9.10. The van der Waals surface area contributed by atoms with Crippen LogP contribution in [0.4, 0.5) is 0 Å². The maximum Gasteiger partial charge on any atom is 0.0757 e. The first-order valence-electron chi connectivity index (χ1n) is 6.72. The van der Waals surface area contributed by atoms with Gasteiger partial charge >= 0.3 is 0 Å². The van der Waals surface area contributed by atoms with Crippen LogP contribution in [0.1, 0.15) is 22.9 Å². The highest BCUT2D eigenvalue weighted by Gasteiger charge is 2.20. The smallest absolute Gasteiger partial charge is 0.0757 e. The Hall–Kier alpha value is -0.690. The Labute approximate surface area is 142 Å². The first kappa shape index (κ1) is 16.7. The number of aryl methyl sites for hydroxylation is 1. The summed E-state index contributed by atoms with van der Waals surface area (Å²) in [6, 6.07) is 6.47. The van der Waals surface area contributed by atoms with Gasteiger partial charge in [-0.15, -0.1) is 0 Å². The van der Waals surface area contributed by atoms with Crippen LogP contribution in [0.2, 0.25) is 0 Å². The maximum atomic E-state index is 5.16. The van der Waals surface area contributed by atoms with Crippen molar-refractivity contribution in [2.45, 2.75) is 19.5 Å². The molecule has 4 nitrogen and oxygen atoms in total. The van der Waals surface area contributed by atoms with Gasteiger partial charge in [0.25, 0.3) is 0 Å². The fraction of sp³-hybridized carbons (Fsp3) is 0.400. The van der Waals surface area contributed by atoms with Crippen LogP contribution in [0.5, 0.6) is 0 Å². The van der Waals surface area contributed by atoms with Crippen molar-refractivity contribution < 1.29 is 4.74 Å². The molecule has 6 heteroatoms. The van der Waals surface area contributed by atoms with E-state index in [-0.39, 0.29) is 6.04 Å². The van der Waals surface area contributed by atoms with Gasteiger partial charge in [-0.25, -0.2) is 0 Å². The molecule has 1 aromatic carbocycles. The Balaban J connectivity index is 2.40. The third-order valence-electron chi connectivity index (χ3n) is 3.42. The van der Waals surface area contributed by atoms with Crippen LogP contribution in [-0.4, -0.2) is 30.5 Å². The van der Waals surface area contributed by atoms with Gasteiger partial charge in [0.1, 0.15) is 0 Å². The van der Waals surface area contributed by atoms with Crippen molar-refractivity contribution in [3.63, 3.8) is 0 Å². The fourth-order valence-electron chi connectivity index (χ4n) is 2.32. The second-order valence-electron chi connectivity index (χ2n) is 4.82. The zero-order chi connectivity index (χ0) is 15.4. The molecule has 0 fully saturated rings.